The molecule has 3 heteroatoms. The molecule has 0 saturated heterocycles. The maximum Gasteiger partial charge on any atom is 0.126 e. The molecule has 0 amide bonds. The third-order valence-electron chi connectivity index (χ3n) is 1.98. The summed E-state index contributed by atoms with van der Waals surface area (Å²) in [6.07, 6.45) is 1.18. The lowest BCUT2D eigenvalue weighted by Crippen LogP contribution is -2.02. The number of halogens is 2. The average Bonchev–Trinajstić information content (AvgIpc) is 2.09. The topological polar surface area (TPSA) is 26.0 Å². The summed E-state index contributed by atoms with van der Waals surface area (Å²) in [6.45, 7) is 2.04. The minimum atomic E-state index is -0.353. The maximum atomic E-state index is 13.1. The summed E-state index contributed by atoms with van der Waals surface area (Å²) in [7, 11) is 0. The summed E-state index contributed by atoms with van der Waals surface area (Å²) < 4.78 is 26.1. The third-order valence-corrected chi connectivity index (χ3v) is 1.98. The molecule has 0 unspecified atom stereocenters. The molecule has 0 atom stereocenters. The fourth-order valence-corrected chi connectivity index (χ4v) is 1.17. The van der Waals surface area contributed by atoms with Crippen LogP contribution in [-0.4, -0.2) is 6.54 Å². The molecule has 0 aromatic heterocycles. The van der Waals surface area contributed by atoms with Gasteiger partial charge in [-0.3, -0.25) is 0 Å². The highest BCUT2D eigenvalue weighted by Crippen LogP contribution is 2.15. The van der Waals surface area contributed by atoms with Crippen molar-refractivity contribution in [2.24, 2.45) is 5.73 Å². The van der Waals surface area contributed by atoms with E-state index in [1.165, 1.54) is 12.1 Å². The standard InChI is InChI=1S/C10H13F2N/c1-7-5-10(12)8(3-2-4-13)6-9(7)11/h5-6H,2-4,13H2,1H3. The van der Waals surface area contributed by atoms with E-state index in [-0.39, 0.29) is 11.6 Å². The Kier molecular flexibility index (Phi) is 3.37. The van der Waals surface area contributed by atoms with Crippen molar-refractivity contribution in [1.82, 2.24) is 0 Å². The van der Waals surface area contributed by atoms with Gasteiger partial charge in [0, 0.05) is 0 Å². The van der Waals surface area contributed by atoms with E-state index in [1.807, 2.05) is 0 Å². The van der Waals surface area contributed by atoms with Crippen molar-refractivity contribution in [2.75, 3.05) is 6.54 Å². The van der Waals surface area contributed by atoms with Crippen LogP contribution in [0.25, 0.3) is 0 Å². The molecular formula is C10H13F2N. The van der Waals surface area contributed by atoms with Crippen LogP contribution in [0.4, 0.5) is 8.78 Å². The number of nitrogens with two attached hydrogens (primary N) is 1. The van der Waals surface area contributed by atoms with Crippen LogP contribution in [0.15, 0.2) is 12.1 Å². The molecule has 1 nitrogen and oxygen atoms in total. The number of hydrogen-bond donors (Lipinski definition) is 1. The van der Waals surface area contributed by atoms with Crippen molar-refractivity contribution in [3.05, 3.63) is 34.9 Å². The van der Waals surface area contributed by atoms with E-state index in [2.05, 4.69) is 0 Å². The first-order valence-corrected chi connectivity index (χ1v) is 4.29. The first-order chi connectivity index (χ1) is 6.15. The van der Waals surface area contributed by atoms with Crippen LogP contribution < -0.4 is 5.73 Å². The predicted octanol–water partition coefficient (Wildman–Crippen LogP) is 2.16. The van der Waals surface area contributed by atoms with E-state index in [1.54, 1.807) is 6.92 Å². The van der Waals surface area contributed by atoms with Crippen molar-refractivity contribution in [3.63, 3.8) is 0 Å². The van der Waals surface area contributed by atoms with Gasteiger partial charge in [-0.2, -0.15) is 0 Å². The molecule has 0 bridgehead atoms. The van der Waals surface area contributed by atoms with Crippen LogP contribution in [0.1, 0.15) is 17.5 Å². The molecule has 0 heterocycles. The fraction of sp³-hybridized carbons (Fsp3) is 0.400. The lowest BCUT2D eigenvalue weighted by molar-refractivity contribution is 0.575. The molecule has 0 fully saturated rings. The van der Waals surface area contributed by atoms with Gasteiger partial charge in [-0.05, 0) is 49.6 Å². The average molecular weight is 185 g/mol. The van der Waals surface area contributed by atoms with Crippen LogP contribution in [0, 0.1) is 18.6 Å². The highest BCUT2D eigenvalue weighted by Gasteiger charge is 2.06. The Morgan fingerprint density at radius 3 is 2.54 bits per heavy atom. The predicted molar refractivity (Wildman–Crippen MR) is 48.5 cm³/mol. The fourth-order valence-electron chi connectivity index (χ4n) is 1.17. The van der Waals surface area contributed by atoms with Crippen molar-refractivity contribution >= 4 is 0 Å². The quantitative estimate of drug-likeness (QED) is 0.767. The molecule has 0 spiro atoms. The second-order valence-corrected chi connectivity index (χ2v) is 3.09. The molecule has 0 saturated carbocycles. The molecule has 1 aromatic rings. The molecule has 0 radical (unpaired) electrons. The van der Waals surface area contributed by atoms with Gasteiger partial charge in [0.15, 0.2) is 0 Å². The molecule has 0 aliphatic heterocycles. The summed E-state index contributed by atoms with van der Waals surface area (Å²) in [6, 6.07) is 2.47. The summed E-state index contributed by atoms with van der Waals surface area (Å²) in [4.78, 5) is 0. The molecule has 13 heavy (non-hydrogen) atoms. The molecule has 0 aliphatic carbocycles. The van der Waals surface area contributed by atoms with Crippen LogP contribution in [-0.2, 0) is 6.42 Å². The summed E-state index contributed by atoms with van der Waals surface area (Å²) >= 11 is 0. The van der Waals surface area contributed by atoms with Crippen LogP contribution >= 0.6 is 0 Å². The Balaban J connectivity index is 2.88. The molecule has 2 N–H and O–H groups in total. The number of benzene rings is 1. The lowest BCUT2D eigenvalue weighted by atomic mass is 10.1. The van der Waals surface area contributed by atoms with E-state index in [0.29, 0.717) is 30.5 Å². The van der Waals surface area contributed by atoms with Gasteiger partial charge in [0.2, 0.25) is 0 Å². The monoisotopic (exact) mass is 185 g/mol. The Morgan fingerprint density at radius 2 is 1.92 bits per heavy atom. The van der Waals surface area contributed by atoms with Gasteiger partial charge in [-0.1, -0.05) is 0 Å². The zero-order valence-electron chi connectivity index (χ0n) is 7.61. The normalized spacial score (nSPS) is 10.5. The number of rotatable bonds is 3. The minimum Gasteiger partial charge on any atom is -0.330 e. The van der Waals surface area contributed by atoms with Gasteiger partial charge in [0.05, 0.1) is 0 Å². The zero-order chi connectivity index (χ0) is 9.84. The highest BCUT2D eigenvalue weighted by atomic mass is 19.1. The third kappa shape index (κ3) is 2.49. The Morgan fingerprint density at radius 1 is 1.23 bits per heavy atom. The van der Waals surface area contributed by atoms with Crippen molar-refractivity contribution < 1.29 is 8.78 Å². The van der Waals surface area contributed by atoms with Gasteiger partial charge in [-0.15, -0.1) is 0 Å². The van der Waals surface area contributed by atoms with Crippen LogP contribution in [0.2, 0.25) is 0 Å². The number of hydrogen-bond acceptors (Lipinski definition) is 1. The summed E-state index contributed by atoms with van der Waals surface area (Å²) in [5.41, 5.74) is 6.03. The van der Waals surface area contributed by atoms with Crippen LogP contribution in [0.5, 0.6) is 0 Å². The van der Waals surface area contributed by atoms with Gasteiger partial charge >= 0.3 is 0 Å². The summed E-state index contributed by atoms with van der Waals surface area (Å²) in [5, 5.41) is 0. The van der Waals surface area contributed by atoms with Gasteiger partial charge < -0.3 is 5.73 Å². The summed E-state index contributed by atoms with van der Waals surface area (Å²) in [5.74, 6) is -0.694. The zero-order valence-corrected chi connectivity index (χ0v) is 7.61. The van der Waals surface area contributed by atoms with Gasteiger partial charge in [0.25, 0.3) is 0 Å². The van der Waals surface area contributed by atoms with Crippen LogP contribution in [0.3, 0.4) is 0 Å². The lowest BCUT2D eigenvalue weighted by Gasteiger charge is -2.04. The Hall–Kier alpha value is -0.960. The second-order valence-electron chi connectivity index (χ2n) is 3.09. The first-order valence-electron chi connectivity index (χ1n) is 4.29. The highest BCUT2D eigenvalue weighted by molar-refractivity contribution is 5.25. The van der Waals surface area contributed by atoms with Gasteiger partial charge in [0.1, 0.15) is 11.6 Å². The van der Waals surface area contributed by atoms with E-state index < -0.39 is 0 Å². The van der Waals surface area contributed by atoms with E-state index >= 15 is 0 Å². The molecule has 1 rings (SSSR count). The SMILES string of the molecule is Cc1cc(F)c(CCCN)cc1F. The second kappa shape index (κ2) is 4.33. The van der Waals surface area contributed by atoms with Crippen molar-refractivity contribution in [1.29, 1.82) is 0 Å². The maximum absolute atomic E-state index is 13.1. The Bertz CT molecular complexity index is 297. The van der Waals surface area contributed by atoms with Crippen molar-refractivity contribution in [3.8, 4) is 0 Å². The van der Waals surface area contributed by atoms with E-state index in [9.17, 15) is 8.78 Å². The molecule has 0 aliphatic rings. The minimum absolute atomic E-state index is 0.340. The largest absolute Gasteiger partial charge is 0.330 e. The molecule has 72 valence electrons. The number of aryl methyl sites for hydroxylation is 2. The smallest absolute Gasteiger partial charge is 0.126 e. The van der Waals surface area contributed by atoms with Crippen molar-refractivity contribution in [2.45, 2.75) is 19.8 Å². The van der Waals surface area contributed by atoms with Gasteiger partial charge in [-0.25, -0.2) is 8.78 Å². The Labute approximate surface area is 76.6 Å². The van der Waals surface area contributed by atoms with E-state index in [0.717, 1.165) is 0 Å². The molecular weight excluding hydrogens is 172 g/mol. The first kappa shape index (κ1) is 10.1. The molecule has 1 aromatic carbocycles. The van der Waals surface area contributed by atoms with E-state index in [4.69, 9.17) is 5.73 Å².